The molecule has 0 fully saturated rings. The van der Waals surface area contributed by atoms with Gasteiger partial charge in [0, 0.05) is 46.4 Å². The number of sulfone groups is 2. The molecule has 0 unspecified atom stereocenters. The first kappa shape index (κ1) is 67.0. The van der Waals surface area contributed by atoms with Crippen LogP contribution in [0.15, 0.2) is 216 Å². The quantitative estimate of drug-likeness (QED) is 0.0351. The van der Waals surface area contributed by atoms with Crippen molar-refractivity contribution in [2.45, 2.75) is 36.9 Å². The van der Waals surface area contributed by atoms with E-state index in [1.54, 1.807) is 72.8 Å². The van der Waals surface area contributed by atoms with Crippen molar-refractivity contribution >= 4 is 19.7 Å². The van der Waals surface area contributed by atoms with Gasteiger partial charge in [0.15, 0.2) is 19.7 Å². The molecule has 8 aromatic carbocycles. The molecule has 484 valence electrons. The highest BCUT2D eigenvalue weighted by molar-refractivity contribution is 7.91. The number of halogens is 2. The maximum absolute atomic E-state index is 13.9. The van der Waals surface area contributed by atoms with E-state index in [0.717, 1.165) is 90.2 Å². The Balaban J connectivity index is 0.537. The van der Waals surface area contributed by atoms with Crippen LogP contribution in [0.3, 0.4) is 0 Å². The summed E-state index contributed by atoms with van der Waals surface area (Å²) in [7, 11) is -6.71. The molecular formula is C74H74F2N2O13S2. The van der Waals surface area contributed by atoms with Crippen LogP contribution < -0.4 is 18.9 Å². The lowest BCUT2D eigenvalue weighted by Crippen LogP contribution is -2.15. The first-order chi connectivity index (χ1) is 45.0. The number of rotatable bonds is 34. The van der Waals surface area contributed by atoms with Gasteiger partial charge in [-0.3, -0.25) is 0 Å². The minimum Gasteiger partial charge on any atom is -0.491 e. The molecule has 15 nitrogen and oxygen atoms in total. The molecule has 0 bridgehead atoms. The topological polar surface area (TPSA) is 161 Å². The van der Waals surface area contributed by atoms with Gasteiger partial charge in [0.25, 0.3) is 0 Å². The van der Waals surface area contributed by atoms with E-state index < -0.39 is 19.7 Å². The molecule has 2 aromatic heterocycles. The monoisotopic (exact) mass is 1300 g/mol. The third kappa shape index (κ3) is 18.7. The molecule has 0 radical (unpaired) electrons. The van der Waals surface area contributed by atoms with Crippen LogP contribution in [0.4, 0.5) is 8.78 Å². The molecule has 0 aliphatic carbocycles. The summed E-state index contributed by atoms with van der Waals surface area (Å²) in [5.74, 6) is 2.20. The Bertz CT molecular complexity index is 3960. The van der Waals surface area contributed by atoms with Crippen LogP contribution in [-0.2, 0) is 56.6 Å². The maximum Gasteiger partial charge on any atom is 0.175 e. The van der Waals surface area contributed by atoms with Gasteiger partial charge in [-0.2, -0.15) is 0 Å². The normalized spacial score (nSPS) is 11.7. The van der Waals surface area contributed by atoms with Gasteiger partial charge >= 0.3 is 0 Å². The van der Waals surface area contributed by atoms with Crippen molar-refractivity contribution in [1.29, 1.82) is 0 Å². The molecule has 19 heteroatoms. The second-order valence-corrected chi connectivity index (χ2v) is 26.0. The lowest BCUT2D eigenvalue weighted by Gasteiger charge is -2.13. The molecule has 0 aliphatic heterocycles. The van der Waals surface area contributed by atoms with E-state index in [-0.39, 0.29) is 34.6 Å². The van der Waals surface area contributed by atoms with Gasteiger partial charge in [-0.1, -0.05) is 72.8 Å². The fraction of sp³-hybridized carbons (Fsp3) is 0.243. The second-order valence-electron chi connectivity index (χ2n) is 21.9. The van der Waals surface area contributed by atoms with E-state index in [9.17, 15) is 25.6 Å². The lowest BCUT2D eigenvalue weighted by molar-refractivity contribution is -0.0141. The Morgan fingerprint density at radius 3 is 0.828 bits per heavy atom. The summed E-state index contributed by atoms with van der Waals surface area (Å²) >= 11 is 0. The van der Waals surface area contributed by atoms with E-state index in [4.69, 9.17) is 42.6 Å². The highest BCUT2D eigenvalue weighted by Gasteiger charge is 2.20. The number of benzene rings is 8. The number of hydrogen-bond acceptors (Lipinski definition) is 13. The summed E-state index contributed by atoms with van der Waals surface area (Å²) in [6, 6.07) is 61.5. The molecule has 0 saturated heterocycles. The average molecular weight is 1300 g/mol. The largest absolute Gasteiger partial charge is 0.491 e. The van der Waals surface area contributed by atoms with Crippen molar-refractivity contribution in [1.82, 2.24) is 9.13 Å². The van der Waals surface area contributed by atoms with Crippen LogP contribution in [0.5, 0.6) is 23.0 Å². The maximum atomic E-state index is 13.9. The molecule has 93 heavy (non-hydrogen) atoms. The second kappa shape index (κ2) is 32.1. The predicted molar refractivity (Wildman–Crippen MR) is 356 cm³/mol. The zero-order chi connectivity index (χ0) is 65.2. The molecule has 0 amide bonds. The first-order valence-electron chi connectivity index (χ1n) is 30.4. The van der Waals surface area contributed by atoms with Crippen molar-refractivity contribution < 1.29 is 68.2 Å². The summed E-state index contributed by atoms with van der Waals surface area (Å²) in [6.45, 7) is 9.69. The van der Waals surface area contributed by atoms with E-state index in [1.807, 2.05) is 132 Å². The van der Waals surface area contributed by atoms with Crippen LogP contribution in [0.2, 0.25) is 0 Å². The van der Waals surface area contributed by atoms with E-state index >= 15 is 0 Å². The predicted octanol–water partition coefficient (Wildman–Crippen LogP) is 14.3. The molecule has 0 N–H and O–H groups in total. The van der Waals surface area contributed by atoms with Crippen molar-refractivity contribution in [3.05, 3.63) is 240 Å². The zero-order valence-corrected chi connectivity index (χ0v) is 53.9. The molecule has 0 saturated carbocycles. The third-order valence-electron chi connectivity index (χ3n) is 15.4. The van der Waals surface area contributed by atoms with Gasteiger partial charge in [0.2, 0.25) is 0 Å². The van der Waals surface area contributed by atoms with Gasteiger partial charge < -0.3 is 51.8 Å². The van der Waals surface area contributed by atoms with E-state index in [1.165, 1.54) is 36.8 Å². The molecule has 10 aromatic rings. The Kier molecular flexibility index (Phi) is 23.1. The fourth-order valence-corrected chi connectivity index (χ4v) is 11.6. The Morgan fingerprint density at radius 2 is 0.559 bits per heavy atom. The Labute approximate surface area is 542 Å². The van der Waals surface area contributed by atoms with Gasteiger partial charge in [-0.25, -0.2) is 25.6 Å². The molecule has 0 aliphatic rings. The smallest absolute Gasteiger partial charge is 0.175 e. The van der Waals surface area contributed by atoms with Crippen molar-refractivity contribution in [3.63, 3.8) is 0 Å². The summed E-state index contributed by atoms with van der Waals surface area (Å²) in [5.41, 5.74) is 12.6. The van der Waals surface area contributed by atoms with Crippen molar-refractivity contribution in [2.75, 3.05) is 91.8 Å². The standard InChI is InChI=1S/C74H74F2N2O13S2/c1-53-61(49-73(77(53)65-21-17-63(75)18-22-65)59-13-33-71(34-14-59)92(3,79)80)51-90-69-29-9-57(10-30-69)55-5-25-67(26-6-55)88-47-45-86-43-41-84-39-37-83-38-40-85-42-44-87-46-48-89-68-27-7-56(8-28-68)58-11-31-70(32-12-58)91-52-62-50-74(60-15-35-72(36-16-60)93(4,81)82)78(54(62)2)66-23-19-64(76)20-24-66/h5-36,49-50H,37-48,51-52H2,1-4H3. The third-order valence-corrected chi connectivity index (χ3v) is 17.6. The van der Waals surface area contributed by atoms with Crippen LogP contribution in [-0.4, -0.2) is 118 Å². The van der Waals surface area contributed by atoms with Crippen molar-refractivity contribution in [3.8, 4) is 79.1 Å². The van der Waals surface area contributed by atoms with Crippen LogP contribution >= 0.6 is 0 Å². The highest BCUT2D eigenvalue weighted by atomic mass is 32.2. The fourth-order valence-electron chi connectivity index (χ4n) is 10.3. The number of ether oxygens (including phenoxy) is 9. The minimum absolute atomic E-state index is 0.234. The Morgan fingerprint density at radius 1 is 0.312 bits per heavy atom. The van der Waals surface area contributed by atoms with E-state index in [2.05, 4.69) is 0 Å². The van der Waals surface area contributed by atoms with Crippen LogP contribution in [0, 0.1) is 25.5 Å². The summed E-state index contributed by atoms with van der Waals surface area (Å²) in [4.78, 5) is 0.467. The SMILES string of the molecule is Cc1c(COc2ccc(-c3ccc(OCCOCCOCCOCCOCCOCCOc4ccc(-c5ccc(OCc6cc(-c7ccc(S(C)(=O)=O)cc7)n(-c7ccc(F)cc7)c6C)cc5)cc4)cc3)cc2)cc(-c2ccc(S(C)(=O)=O)cc2)n1-c1ccc(F)cc1. The number of hydrogen-bond donors (Lipinski definition) is 0. The summed E-state index contributed by atoms with van der Waals surface area (Å²) < 4.78 is 133. The van der Waals surface area contributed by atoms with Gasteiger partial charge in [-0.05, 0) is 181 Å². The van der Waals surface area contributed by atoms with Gasteiger partial charge in [0.1, 0.15) is 61.1 Å². The van der Waals surface area contributed by atoms with Gasteiger partial charge in [0.05, 0.1) is 87.2 Å². The molecule has 0 spiro atoms. The molecule has 0 atom stereocenters. The van der Waals surface area contributed by atoms with Crippen molar-refractivity contribution in [2.24, 2.45) is 0 Å². The molecule has 2 heterocycles. The van der Waals surface area contributed by atoms with Crippen LogP contribution in [0.25, 0.3) is 56.1 Å². The average Bonchev–Trinajstić information content (AvgIpc) is 1.67. The summed E-state index contributed by atoms with van der Waals surface area (Å²) in [5, 5.41) is 0. The molecule has 10 rings (SSSR count). The zero-order valence-electron chi connectivity index (χ0n) is 52.3. The summed E-state index contributed by atoms with van der Waals surface area (Å²) in [6.07, 6.45) is 2.36. The number of nitrogens with zero attached hydrogens (tertiary/aromatic N) is 2. The van der Waals surface area contributed by atoms with Crippen LogP contribution in [0.1, 0.15) is 22.5 Å². The highest BCUT2D eigenvalue weighted by Crippen LogP contribution is 2.35. The van der Waals surface area contributed by atoms with Gasteiger partial charge in [-0.15, -0.1) is 0 Å². The minimum atomic E-state index is -3.36. The van der Waals surface area contributed by atoms with E-state index in [0.29, 0.717) is 90.8 Å². The Hall–Kier alpha value is -8.92. The molecular weight excluding hydrogens is 1230 g/mol. The first-order valence-corrected chi connectivity index (χ1v) is 34.2. The lowest BCUT2D eigenvalue weighted by atomic mass is 10.1. The number of aromatic nitrogens is 2.